The summed E-state index contributed by atoms with van der Waals surface area (Å²) < 4.78 is 7.15. The molecule has 0 unspecified atom stereocenters. The monoisotopic (exact) mass is 374 g/mol. The van der Waals surface area contributed by atoms with Crippen molar-refractivity contribution >= 4 is 31.9 Å². The van der Waals surface area contributed by atoms with Crippen LogP contribution in [-0.4, -0.2) is 6.61 Å². The second-order valence-electron chi connectivity index (χ2n) is 5.13. The zero-order chi connectivity index (χ0) is 13.0. The van der Waals surface area contributed by atoms with E-state index in [1.165, 1.54) is 43.2 Å². The normalized spacial score (nSPS) is 16.2. The molecule has 0 saturated heterocycles. The van der Waals surface area contributed by atoms with Crippen LogP contribution in [0.4, 0.5) is 0 Å². The fraction of sp³-hybridized carbons (Fsp3) is 0.600. The van der Waals surface area contributed by atoms with E-state index in [2.05, 4.69) is 50.9 Å². The average Bonchev–Trinajstić information content (AvgIpc) is 2.84. The molecule has 100 valence electrons. The first-order valence-electron chi connectivity index (χ1n) is 6.68. The largest absolute Gasteiger partial charge is 0.493 e. The predicted octanol–water partition coefficient (Wildman–Crippen LogP) is 5.61. The third-order valence-electron chi connectivity index (χ3n) is 3.71. The highest BCUT2D eigenvalue weighted by Crippen LogP contribution is 2.31. The lowest BCUT2D eigenvalue weighted by atomic mass is 10.1. The number of hydrogen-bond donors (Lipinski definition) is 0. The molecule has 0 amide bonds. The molecule has 1 aliphatic rings. The first-order valence-corrected chi connectivity index (χ1v) is 8.60. The van der Waals surface area contributed by atoms with Gasteiger partial charge in [0.2, 0.25) is 0 Å². The van der Waals surface area contributed by atoms with Crippen molar-refractivity contribution in [1.82, 2.24) is 0 Å². The molecule has 1 aromatic rings. The quantitative estimate of drug-likeness (QED) is 0.607. The molecular weight excluding hydrogens is 356 g/mol. The summed E-state index contributed by atoms with van der Waals surface area (Å²) in [6, 6.07) is 4.25. The molecule has 0 N–H and O–H groups in total. The Kier molecular flexibility index (Phi) is 5.56. The molecular formula is C15H20Br2O. The van der Waals surface area contributed by atoms with Gasteiger partial charge in [0.1, 0.15) is 5.75 Å². The van der Waals surface area contributed by atoms with E-state index in [1.54, 1.807) is 0 Å². The zero-order valence-electron chi connectivity index (χ0n) is 10.8. The van der Waals surface area contributed by atoms with Gasteiger partial charge in [0.25, 0.3) is 0 Å². The van der Waals surface area contributed by atoms with Crippen LogP contribution in [0.3, 0.4) is 0 Å². The molecule has 0 heterocycles. The molecule has 0 spiro atoms. The maximum absolute atomic E-state index is 6.02. The highest BCUT2D eigenvalue weighted by atomic mass is 79.9. The van der Waals surface area contributed by atoms with Crippen molar-refractivity contribution < 1.29 is 4.74 Å². The smallest absolute Gasteiger partial charge is 0.126 e. The Balaban J connectivity index is 1.95. The van der Waals surface area contributed by atoms with Crippen molar-refractivity contribution in [3.8, 4) is 5.75 Å². The second-order valence-corrected chi connectivity index (χ2v) is 6.61. The third-order valence-corrected chi connectivity index (χ3v) is 4.77. The van der Waals surface area contributed by atoms with Gasteiger partial charge in [0.15, 0.2) is 0 Å². The molecule has 1 fully saturated rings. The number of hydrogen-bond acceptors (Lipinski definition) is 1. The van der Waals surface area contributed by atoms with Gasteiger partial charge in [0, 0.05) is 15.4 Å². The van der Waals surface area contributed by atoms with Crippen molar-refractivity contribution in [1.29, 1.82) is 0 Å². The third kappa shape index (κ3) is 3.74. The molecule has 0 radical (unpaired) electrons. The number of ether oxygens (including phenoxy) is 1. The lowest BCUT2D eigenvalue weighted by Gasteiger charge is -2.15. The van der Waals surface area contributed by atoms with E-state index in [4.69, 9.17) is 4.74 Å². The van der Waals surface area contributed by atoms with E-state index in [9.17, 15) is 0 Å². The standard InChI is InChI=1S/C15H20Br2O/c1-11-8-14(17)9-13(10-16)15(11)18-7-6-12-4-2-3-5-12/h8-9,12H,2-7,10H2,1H3. The highest BCUT2D eigenvalue weighted by Gasteiger charge is 2.15. The van der Waals surface area contributed by atoms with E-state index in [0.29, 0.717) is 0 Å². The Morgan fingerprint density at radius 2 is 2.00 bits per heavy atom. The van der Waals surface area contributed by atoms with Crippen LogP contribution < -0.4 is 4.74 Å². The minimum Gasteiger partial charge on any atom is -0.493 e. The molecule has 0 aliphatic heterocycles. The first-order chi connectivity index (χ1) is 8.70. The van der Waals surface area contributed by atoms with Crippen molar-refractivity contribution in [2.75, 3.05) is 6.61 Å². The summed E-state index contributed by atoms with van der Waals surface area (Å²) in [5.41, 5.74) is 2.44. The Morgan fingerprint density at radius 1 is 1.28 bits per heavy atom. The molecule has 0 atom stereocenters. The number of benzene rings is 1. The maximum atomic E-state index is 6.02. The topological polar surface area (TPSA) is 9.23 Å². The molecule has 0 aromatic heterocycles. The van der Waals surface area contributed by atoms with Crippen LogP contribution in [0.25, 0.3) is 0 Å². The van der Waals surface area contributed by atoms with Gasteiger partial charge < -0.3 is 4.74 Å². The summed E-state index contributed by atoms with van der Waals surface area (Å²) in [5, 5.41) is 0.839. The molecule has 3 heteroatoms. The Hall–Kier alpha value is -0.0200. The van der Waals surface area contributed by atoms with E-state index in [-0.39, 0.29) is 0 Å². The highest BCUT2D eigenvalue weighted by molar-refractivity contribution is 9.10. The van der Waals surface area contributed by atoms with Gasteiger partial charge in [-0.25, -0.2) is 0 Å². The van der Waals surface area contributed by atoms with Crippen molar-refractivity contribution in [2.24, 2.45) is 5.92 Å². The van der Waals surface area contributed by atoms with Crippen LogP contribution in [0.5, 0.6) is 5.75 Å². The minimum atomic E-state index is 0.839. The lowest BCUT2D eigenvalue weighted by molar-refractivity contribution is 0.276. The summed E-state index contributed by atoms with van der Waals surface area (Å²) in [6.07, 6.45) is 6.82. The van der Waals surface area contributed by atoms with Gasteiger partial charge in [-0.15, -0.1) is 0 Å². The molecule has 0 bridgehead atoms. The van der Waals surface area contributed by atoms with Crippen LogP contribution >= 0.6 is 31.9 Å². The van der Waals surface area contributed by atoms with Gasteiger partial charge in [-0.2, -0.15) is 0 Å². The summed E-state index contributed by atoms with van der Waals surface area (Å²) in [6.45, 7) is 2.97. The van der Waals surface area contributed by atoms with Gasteiger partial charge in [-0.05, 0) is 37.0 Å². The SMILES string of the molecule is Cc1cc(Br)cc(CBr)c1OCCC1CCCC1. The number of halogens is 2. The molecule has 1 saturated carbocycles. The number of aryl methyl sites for hydroxylation is 1. The van der Waals surface area contributed by atoms with Crippen LogP contribution in [0, 0.1) is 12.8 Å². The summed E-state index contributed by atoms with van der Waals surface area (Å²) >= 11 is 7.07. The van der Waals surface area contributed by atoms with Crippen LogP contribution in [-0.2, 0) is 5.33 Å². The van der Waals surface area contributed by atoms with Crippen molar-refractivity contribution in [3.05, 3.63) is 27.7 Å². The van der Waals surface area contributed by atoms with Crippen molar-refractivity contribution in [2.45, 2.75) is 44.4 Å². The van der Waals surface area contributed by atoms with Crippen LogP contribution in [0.15, 0.2) is 16.6 Å². The van der Waals surface area contributed by atoms with Gasteiger partial charge in [-0.3, -0.25) is 0 Å². The molecule has 1 aromatic carbocycles. The maximum Gasteiger partial charge on any atom is 0.126 e. The predicted molar refractivity (Wildman–Crippen MR) is 83.6 cm³/mol. The molecule has 2 rings (SSSR count). The summed E-state index contributed by atoms with van der Waals surface area (Å²) in [7, 11) is 0. The summed E-state index contributed by atoms with van der Waals surface area (Å²) in [5.74, 6) is 1.96. The Labute approximate surface area is 127 Å². The Morgan fingerprint density at radius 3 is 2.67 bits per heavy atom. The fourth-order valence-corrected chi connectivity index (χ4v) is 3.77. The van der Waals surface area contributed by atoms with Crippen LogP contribution in [0.1, 0.15) is 43.2 Å². The lowest BCUT2D eigenvalue weighted by Crippen LogP contribution is -2.06. The van der Waals surface area contributed by atoms with E-state index in [1.807, 2.05) is 0 Å². The zero-order valence-corrected chi connectivity index (χ0v) is 14.0. The first kappa shape index (κ1) is 14.4. The van der Waals surface area contributed by atoms with Gasteiger partial charge in [-0.1, -0.05) is 57.5 Å². The van der Waals surface area contributed by atoms with E-state index >= 15 is 0 Å². The Bertz CT molecular complexity index is 398. The van der Waals surface area contributed by atoms with Crippen LogP contribution in [0.2, 0.25) is 0 Å². The summed E-state index contributed by atoms with van der Waals surface area (Å²) in [4.78, 5) is 0. The molecule has 18 heavy (non-hydrogen) atoms. The number of rotatable bonds is 5. The van der Waals surface area contributed by atoms with Gasteiger partial charge in [0.05, 0.1) is 6.61 Å². The van der Waals surface area contributed by atoms with Crippen molar-refractivity contribution in [3.63, 3.8) is 0 Å². The fourth-order valence-electron chi connectivity index (χ4n) is 2.73. The van der Waals surface area contributed by atoms with E-state index < -0.39 is 0 Å². The molecule has 1 nitrogen and oxygen atoms in total. The molecule has 1 aliphatic carbocycles. The van der Waals surface area contributed by atoms with Gasteiger partial charge >= 0.3 is 0 Å². The minimum absolute atomic E-state index is 0.839. The average molecular weight is 376 g/mol. The number of alkyl halides is 1. The second kappa shape index (κ2) is 6.95. The van der Waals surface area contributed by atoms with E-state index in [0.717, 1.165) is 28.1 Å².